The summed E-state index contributed by atoms with van der Waals surface area (Å²) in [5.74, 6) is -1.40. The number of benzene rings is 1. The van der Waals surface area contributed by atoms with Gasteiger partial charge in [-0.25, -0.2) is 4.79 Å². The number of ether oxygens (including phenoxy) is 1. The number of anilines is 1. The Bertz CT molecular complexity index is 899. The summed E-state index contributed by atoms with van der Waals surface area (Å²) in [7, 11) is 0. The van der Waals surface area contributed by atoms with Crippen LogP contribution in [0.1, 0.15) is 16.3 Å². The molecule has 3 rings (SSSR count). The van der Waals surface area contributed by atoms with Gasteiger partial charge < -0.3 is 24.7 Å². The highest BCUT2D eigenvalue weighted by molar-refractivity contribution is 6.17. The minimum absolute atomic E-state index is 0.0531. The maximum Gasteiger partial charge on any atom is 0.371 e. The first-order valence-electron chi connectivity index (χ1n) is 7.98. The molecule has 0 fully saturated rings. The number of β-amino-alcohol motifs (C(OH)–C–C–N with tert-alkyl or cyclic N) is 1. The Balaban J connectivity index is 1.57. The third-order valence-corrected chi connectivity index (χ3v) is 3.72. The van der Waals surface area contributed by atoms with E-state index in [0.717, 1.165) is 4.90 Å². The normalized spacial score (nSPS) is 13.7. The largest absolute Gasteiger partial charge is 0.486 e. The highest BCUT2D eigenvalue weighted by Gasteiger charge is 2.30. The van der Waals surface area contributed by atoms with Crippen molar-refractivity contribution in [3.8, 4) is 5.75 Å². The number of amides is 2. The van der Waals surface area contributed by atoms with E-state index in [0.29, 0.717) is 17.2 Å². The van der Waals surface area contributed by atoms with E-state index in [1.165, 1.54) is 18.2 Å². The van der Waals surface area contributed by atoms with Crippen molar-refractivity contribution in [2.75, 3.05) is 18.5 Å². The maximum atomic E-state index is 12.1. The molecular formula is C18H16N2O7. The molecule has 0 saturated carbocycles. The maximum absolute atomic E-state index is 12.1. The predicted molar refractivity (Wildman–Crippen MR) is 92.0 cm³/mol. The predicted octanol–water partition coefficient (Wildman–Crippen LogP) is 1.21. The highest BCUT2D eigenvalue weighted by atomic mass is 16.5. The van der Waals surface area contributed by atoms with Crippen molar-refractivity contribution in [3.63, 3.8) is 0 Å². The van der Waals surface area contributed by atoms with Crippen LogP contribution in [-0.2, 0) is 16.2 Å². The van der Waals surface area contributed by atoms with Crippen LogP contribution in [0.2, 0.25) is 0 Å². The molecule has 2 amide bonds. The summed E-state index contributed by atoms with van der Waals surface area (Å²) in [6, 6.07) is 9.49. The second-order valence-electron chi connectivity index (χ2n) is 5.59. The number of hydrogen-bond donors (Lipinski definition) is 3. The van der Waals surface area contributed by atoms with Gasteiger partial charge in [0, 0.05) is 11.8 Å². The summed E-state index contributed by atoms with van der Waals surface area (Å²) in [6.45, 7) is -0.287. The second kappa shape index (κ2) is 7.75. The van der Waals surface area contributed by atoms with Crippen LogP contribution in [0.15, 0.2) is 52.6 Å². The third-order valence-electron chi connectivity index (χ3n) is 3.72. The van der Waals surface area contributed by atoms with Gasteiger partial charge >= 0.3 is 5.97 Å². The minimum Gasteiger partial charge on any atom is -0.486 e. The van der Waals surface area contributed by atoms with Gasteiger partial charge in [-0.05, 0) is 36.4 Å². The third kappa shape index (κ3) is 4.15. The van der Waals surface area contributed by atoms with E-state index in [-0.39, 0.29) is 31.2 Å². The van der Waals surface area contributed by atoms with E-state index in [2.05, 4.69) is 5.32 Å². The first kappa shape index (κ1) is 18.2. The Hall–Kier alpha value is -3.59. The highest BCUT2D eigenvalue weighted by Crippen LogP contribution is 2.21. The number of aromatic carboxylic acids is 1. The van der Waals surface area contributed by atoms with Crippen molar-refractivity contribution >= 4 is 23.5 Å². The van der Waals surface area contributed by atoms with Crippen LogP contribution in [0.3, 0.4) is 0 Å². The zero-order chi connectivity index (χ0) is 19.4. The van der Waals surface area contributed by atoms with Gasteiger partial charge in [0.25, 0.3) is 11.8 Å². The van der Waals surface area contributed by atoms with Crippen molar-refractivity contribution in [3.05, 3.63) is 59.7 Å². The number of rotatable bonds is 8. The number of furan rings is 1. The number of carboxylic acids is 1. The number of nitrogens with one attached hydrogen (secondary N) is 1. The summed E-state index contributed by atoms with van der Waals surface area (Å²) in [5, 5.41) is 20.6. The Morgan fingerprint density at radius 2 is 1.89 bits per heavy atom. The van der Waals surface area contributed by atoms with Gasteiger partial charge in [0.05, 0.1) is 13.2 Å². The molecule has 2 aromatic rings. The van der Waals surface area contributed by atoms with Gasteiger partial charge in [-0.2, -0.15) is 0 Å². The van der Waals surface area contributed by atoms with Crippen LogP contribution in [0, 0.1) is 0 Å². The zero-order valence-electron chi connectivity index (χ0n) is 14.0. The van der Waals surface area contributed by atoms with Crippen molar-refractivity contribution in [1.82, 2.24) is 4.90 Å². The molecule has 1 aromatic carbocycles. The summed E-state index contributed by atoms with van der Waals surface area (Å²) in [6.07, 6.45) is 1.18. The fourth-order valence-electron chi connectivity index (χ4n) is 2.42. The van der Waals surface area contributed by atoms with Gasteiger partial charge in [-0.1, -0.05) is 0 Å². The smallest absolute Gasteiger partial charge is 0.371 e. The molecule has 0 bridgehead atoms. The lowest BCUT2D eigenvalue weighted by atomic mass is 10.3. The topological polar surface area (TPSA) is 129 Å². The standard InChI is InChI=1S/C18H16N2O7/c21-8-7-20-16(22)9-14(17(20)23)19-11-1-3-12(4-2-11)26-10-13-5-6-15(27-13)18(24)25/h1-6,9,19,21H,7-8,10H2,(H,24,25). The van der Waals surface area contributed by atoms with E-state index in [4.69, 9.17) is 19.4 Å². The lowest BCUT2D eigenvalue weighted by Crippen LogP contribution is -2.34. The fraction of sp³-hybridized carbons (Fsp3) is 0.167. The molecule has 0 radical (unpaired) electrons. The van der Waals surface area contributed by atoms with E-state index in [1.54, 1.807) is 24.3 Å². The molecule has 1 aliphatic rings. The lowest BCUT2D eigenvalue weighted by Gasteiger charge is -2.13. The average Bonchev–Trinajstić information content (AvgIpc) is 3.22. The zero-order valence-corrected chi connectivity index (χ0v) is 14.0. The summed E-state index contributed by atoms with van der Waals surface area (Å²) in [4.78, 5) is 35.5. The van der Waals surface area contributed by atoms with E-state index >= 15 is 0 Å². The molecular weight excluding hydrogens is 356 g/mol. The van der Waals surface area contributed by atoms with Crippen molar-refractivity contribution in [2.45, 2.75) is 6.61 Å². The van der Waals surface area contributed by atoms with Gasteiger partial charge in [-0.3, -0.25) is 14.5 Å². The Morgan fingerprint density at radius 1 is 1.15 bits per heavy atom. The van der Waals surface area contributed by atoms with Gasteiger partial charge in [0.2, 0.25) is 5.76 Å². The van der Waals surface area contributed by atoms with Crippen molar-refractivity contribution < 1.29 is 33.8 Å². The number of aliphatic hydroxyl groups excluding tert-OH is 1. The van der Waals surface area contributed by atoms with Crippen LogP contribution in [0.4, 0.5) is 5.69 Å². The van der Waals surface area contributed by atoms with Gasteiger partial charge in [0.15, 0.2) is 0 Å². The number of aliphatic hydroxyl groups is 1. The molecule has 27 heavy (non-hydrogen) atoms. The molecule has 9 nitrogen and oxygen atoms in total. The van der Waals surface area contributed by atoms with Crippen LogP contribution in [0.25, 0.3) is 0 Å². The number of carbonyl (C=O) groups is 3. The molecule has 0 unspecified atom stereocenters. The first-order chi connectivity index (χ1) is 13.0. The Kier molecular flexibility index (Phi) is 5.23. The number of nitrogens with zero attached hydrogens (tertiary/aromatic N) is 1. The molecule has 0 spiro atoms. The van der Waals surface area contributed by atoms with E-state index < -0.39 is 17.8 Å². The summed E-state index contributed by atoms with van der Waals surface area (Å²) >= 11 is 0. The number of carboxylic acid groups (broad SMARTS) is 1. The average molecular weight is 372 g/mol. The summed E-state index contributed by atoms with van der Waals surface area (Å²) < 4.78 is 10.6. The molecule has 2 heterocycles. The SMILES string of the molecule is O=C(O)c1ccc(COc2ccc(NC3=CC(=O)N(CCO)C3=O)cc2)o1. The van der Waals surface area contributed by atoms with Crippen molar-refractivity contribution in [2.24, 2.45) is 0 Å². The Morgan fingerprint density at radius 3 is 2.52 bits per heavy atom. The second-order valence-corrected chi connectivity index (χ2v) is 5.59. The number of hydrogen-bond acceptors (Lipinski definition) is 7. The molecule has 3 N–H and O–H groups in total. The first-order valence-corrected chi connectivity index (χ1v) is 7.98. The monoisotopic (exact) mass is 372 g/mol. The lowest BCUT2D eigenvalue weighted by molar-refractivity contribution is -0.137. The quantitative estimate of drug-likeness (QED) is 0.590. The van der Waals surface area contributed by atoms with Crippen LogP contribution >= 0.6 is 0 Å². The Labute approximate surface area is 153 Å². The van der Waals surface area contributed by atoms with E-state index in [9.17, 15) is 14.4 Å². The molecule has 1 aromatic heterocycles. The number of imide groups is 1. The molecule has 0 aliphatic carbocycles. The molecule has 1 aliphatic heterocycles. The molecule has 0 saturated heterocycles. The van der Waals surface area contributed by atoms with E-state index in [1.807, 2.05) is 0 Å². The molecule has 140 valence electrons. The minimum atomic E-state index is -1.15. The molecule has 9 heteroatoms. The fourth-order valence-corrected chi connectivity index (χ4v) is 2.42. The number of carbonyl (C=O) groups excluding carboxylic acids is 2. The summed E-state index contributed by atoms with van der Waals surface area (Å²) in [5.41, 5.74) is 0.700. The van der Waals surface area contributed by atoms with Crippen molar-refractivity contribution in [1.29, 1.82) is 0 Å². The molecule has 0 atom stereocenters. The van der Waals surface area contributed by atoms with Crippen LogP contribution in [-0.4, -0.2) is 46.0 Å². The van der Waals surface area contributed by atoms with Crippen LogP contribution < -0.4 is 10.1 Å². The van der Waals surface area contributed by atoms with Gasteiger partial charge in [-0.15, -0.1) is 0 Å². The van der Waals surface area contributed by atoms with Crippen LogP contribution in [0.5, 0.6) is 5.75 Å². The van der Waals surface area contributed by atoms with Gasteiger partial charge in [0.1, 0.15) is 23.8 Å².